The molecule has 0 N–H and O–H groups in total. The molecular weight excluding hydrogens is 303 g/mol. The van der Waals surface area contributed by atoms with Crippen LogP contribution in [0.3, 0.4) is 0 Å². The van der Waals surface area contributed by atoms with Crippen LogP contribution in [0.2, 0.25) is 0 Å². The molecule has 2 heterocycles. The Morgan fingerprint density at radius 1 is 1.30 bits per heavy atom. The first-order valence-corrected chi connectivity index (χ1v) is 7.71. The van der Waals surface area contributed by atoms with Crippen LogP contribution in [0.5, 0.6) is 0 Å². The summed E-state index contributed by atoms with van der Waals surface area (Å²) < 4.78 is 40.4. The molecule has 0 amide bonds. The highest BCUT2D eigenvalue weighted by molar-refractivity contribution is 5.25. The summed E-state index contributed by atoms with van der Waals surface area (Å²) in [6.07, 6.45) is -1.29. The molecule has 2 aromatic rings. The molecule has 0 spiro atoms. The third-order valence-electron chi connectivity index (χ3n) is 4.33. The second kappa shape index (κ2) is 6.00. The molecule has 1 aromatic heterocycles. The van der Waals surface area contributed by atoms with E-state index in [4.69, 9.17) is 0 Å². The largest absolute Gasteiger partial charge is 0.416 e. The van der Waals surface area contributed by atoms with Gasteiger partial charge in [-0.15, -0.1) is 0 Å². The van der Waals surface area contributed by atoms with Crippen LogP contribution < -0.4 is 0 Å². The molecule has 1 atom stereocenters. The van der Waals surface area contributed by atoms with E-state index in [1.54, 1.807) is 6.07 Å². The number of alkyl halides is 3. The van der Waals surface area contributed by atoms with Gasteiger partial charge in [-0.1, -0.05) is 18.2 Å². The number of aromatic nitrogens is 2. The maximum atomic E-state index is 12.8. The fourth-order valence-electron chi connectivity index (χ4n) is 3.31. The minimum Gasteiger partial charge on any atom is -0.337 e. The van der Waals surface area contributed by atoms with Crippen molar-refractivity contribution in [3.8, 4) is 0 Å². The van der Waals surface area contributed by atoms with Crippen molar-refractivity contribution in [2.24, 2.45) is 7.05 Å². The summed E-state index contributed by atoms with van der Waals surface area (Å²) in [5.74, 6) is 1.41. The van der Waals surface area contributed by atoms with Crippen LogP contribution >= 0.6 is 0 Å². The van der Waals surface area contributed by atoms with E-state index in [1.165, 1.54) is 12.1 Å². The Labute approximate surface area is 133 Å². The Morgan fingerprint density at radius 2 is 2.09 bits per heavy atom. The van der Waals surface area contributed by atoms with Crippen molar-refractivity contribution in [2.45, 2.75) is 32.0 Å². The number of imidazole rings is 1. The number of hydrogen-bond acceptors (Lipinski definition) is 2. The van der Waals surface area contributed by atoms with E-state index in [0.29, 0.717) is 18.0 Å². The van der Waals surface area contributed by atoms with E-state index in [2.05, 4.69) is 9.88 Å². The second-order valence-corrected chi connectivity index (χ2v) is 6.27. The lowest BCUT2D eigenvalue weighted by Crippen LogP contribution is -2.20. The van der Waals surface area contributed by atoms with Gasteiger partial charge in [-0.2, -0.15) is 13.2 Å². The lowest BCUT2D eigenvalue weighted by atomic mass is 10.1. The quantitative estimate of drug-likeness (QED) is 0.858. The molecule has 0 aliphatic carbocycles. The van der Waals surface area contributed by atoms with Crippen molar-refractivity contribution >= 4 is 0 Å². The summed E-state index contributed by atoms with van der Waals surface area (Å²) in [7, 11) is 1.99. The van der Waals surface area contributed by atoms with Gasteiger partial charge in [0.25, 0.3) is 0 Å². The zero-order valence-electron chi connectivity index (χ0n) is 13.3. The van der Waals surface area contributed by atoms with Crippen molar-refractivity contribution in [3.63, 3.8) is 0 Å². The maximum absolute atomic E-state index is 12.8. The molecule has 1 saturated heterocycles. The summed E-state index contributed by atoms with van der Waals surface area (Å²) in [6.45, 7) is 4.23. The van der Waals surface area contributed by atoms with E-state index in [1.807, 2.05) is 24.7 Å². The number of benzene rings is 1. The average Bonchev–Trinajstić information content (AvgIpc) is 3.04. The first kappa shape index (κ1) is 16.1. The standard InChI is InChI=1S/C17H20F3N3/c1-12-9-22(2)16(21-12)14-6-7-23(11-14)10-13-4-3-5-15(8-13)17(18,19)20/h3-5,8-9,14H,6-7,10-11H2,1-2H3. The zero-order valence-corrected chi connectivity index (χ0v) is 13.3. The van der Waals surface area contributed by atoms with Crippen LogP contribution in [-0.4, -0.2) is 27.5 Å². The molecule has 1 aliphatic heterocycles. The summed E-state index contributed by atoms with van der Waals surface area (Å²) >= 11 is 0. The molecule has 124 valence electrons. The first-order valence-electron chi connectivity index (χ1n) is 7.71. The molecular formula is C17H20F3N3. The predicted molar refractivity (Wildman–Crippen MR) is 82.0 cm³/mol. The van der Waals surface area contributed by atoms with Gasteiger partial charge in [0.15, 0.2) is 0 Å². The number of likely N-dealkylation sites (tertiary alicyclic amines) is 1. The van der Waals surface area contributed by atoms with Crippen molar-refractivity contribution in [3.05, 3.63) is 53.1 Å². The predicted octanol–water partition coefficient (Wildman–Crippen LogP) is 3.74. The molecule has 3 nitrogen and oxygen atoms in total. The molecule has 0 radical (unpaired) electrons. The van der Waals surface area contributed by atoms with Crippen LogP contribution in [0.4, 0.5) is 13.2 Å². The van der Waals surface area contributed by atoms with Gasteiger partial charge in [0.2, 0.25) is 0 Å². The number of nitrogens with zero attached hydrogens (tertiary/aromatic N) is 3. The molecule has 23 heavy (non-hydrogen) atoms. The van der Waals surface area contributed by atoms with Crippen LogP contribution in [-0.2, 0) is 19.8 Å². The van der Waals surface area contributed by atoms with Gasteiger partial charge in [0.05, 0.1) is 11.3 Å². The topological polar surface area (TPSA) is 21.1 Å². The molecule has 1 fully saturated rings. The Kier molecular flexibility index (Phi) is 4.19. The highest BCUT2D eigenvalue weighted by Crippen LogP contribution is 2.31. The Hall–Kier alpha value is -1.82. The Balaban J connectivity index is 1.68. The molecule has 1 aliphatic rings. The molecule has 3 rings (SSSR count). The molecule has 6 heteroatoms. The summed E-state index contributed by atoms with van der Waals surface area (Å²) in [4.78, 5) is 6.77. The number of rotatable bonds is 3. The monoisotopic (exact) mass is 323 g/mol. The van der Waals surface area contributed by atoms with Crippen molar-refractivity contribution < 1.29 is 13.2 Å². The van der Waals surface area contributed by atoms with Gasteiger partial charge in [-0.05, 0) is 31.5 Å². The Bertz CT molecular complexity index is 691. The van der Waals surface area contributed by atoms with Crippen molar-refractivity contribution in [2.75, 3.05) is 13.1 Å². The van der Waals surface area contributed by atoms with Gasteiger partial charge in [-0.3, -0.25) is 4.90 Å². The van der Waals surface area contributed by atoms with Crippen LogP contribution in [0.15, 0.2) is 30.5 Å². The fourth-order valence-corrected chi connectivity index (χ4v) is 3.31. The van der Waals surface area contributed by atoms with Gasteiger partial charge in [0.1, 0.15) is 5.82 Å². The average molecular weight is 323 g/mol. The van der Waals surface area contributed by atoms with Crippen LogP contribution in [0, 0.1) is 6.92 Å². The molecule has 1 unspecified atom stereocenters. The number of aryl methyl sites for hydroxylation is 2. The lowest BCUT2D eigenvalue weighted by Gasteiger charge is -2.17. The maximum Gasteiger partial charge on any atom is 0.416 e. The fraction of sp³-hybridized carbons (Fsp3) is 0.471. The van der Waals surface area contributed by atoms with E-state index < -0.39 is 11.7 Å². The third kappa shape index (κ3) is 3.58. The van der Waals surface area contributed by atoms with Crippen LogP contribution in [0.1, 0.15) is 35.0 Å². The number of halogens is 3. The Morgan fingerprint density at radius 3 is 2.74 bits per heavy atom. The highest BCUT2D eigenvalue weighted by Gasteiger charge is 2.31. The minimum absolute atomic E-state index is 0.347. The first-order chi connectivity index (χ1) is 10.8. The molecule has 0 bridgehead atoms. The summed E-state index contributed by atoms with van der Waals surface area (Å²) in [5, 5.41) is 0. The summed E-state index contributed by atoms with van der Waals surface area (Å²) in [5.41, 5.74) is 1.13. The van der Waals surface area contributed by atoms with Gasteiger partial charge < -0.3 is 4.57 Å². The molecule has 1 aromatic carbocycles. The van der Waals surface area contributed by atoms with E-state index >= 15 is 0 Å². The van der Waals surface area contributed by atoms with E-state index in [0.717, 1.165) is 37.1 Å². The number of hydrogen-bond donors (Lipinski definition) is 0. The van der Waals surface area contributed by atoms with Crippen LogP contribution in [0.25, 0.3) is 0 Å². The van der Waals surface area contributed by atoms with E-state index in [9.17, 15) is 13.2 Å². The SMILES string of the molecule is Cc1cn(C)c(C2CCN(Cc3cccc(C(F)(F)F)c3)C2)n1. The van der Waals surface area contributed by atoms with Gasteiger partial charge in [0, 0.05) is 32.3 Å². The minimum atomic E-state index is -4.28. The smallest absolute Gasteiger partial charge is 0.337 e. The zero-order chi connectivity index (χ0) is 16.6. The third-order valence-corrected chi connectivity index (χ3v) is 4.33. The van der Waals surface area contributed by atoms with Gasteiger partial charge >= 0.3 is 6.18 Å². The summed E-state index contributed by atoms with van der Waals surface area (Å²) in [6, 6.07) is 5.60. The second-order valence-electron chi connectivity index (χ2n) is 6.27. The molecule has 0 saturated carbocycles. The van der Waals surface area contributed by atoms with Crippen molar-refractivity contribution in [1.29, 1.82) is 0 Å². The normalized spacial score (nSPS) is 19.4. The van der Waals surface area contributed by atoms with Crippen molar-refractivity contribution in [1.82, 2.24) is 14.5 Å². The highest BCUT2D eigenvalue weighted by atomic mass is 19.4. The van der Waals surface area contributed by atoms with E-state index in [-0.39, 0.29) is 0 Å². The van der Waals surface area contributed by atoms with Gasteiger partial charge in [-0.25, -0.2) is 4.98 Å². The lowest BCUT2D eigenvalue weighted by molar-refractivity contribution is -0.137.